The Labute approximate surface area is 133 Å². The molecule has 0 saturated heterocycles. The molecule has 0 saturated carbocycles. The predicted octanol–water partition coefficient (Wildman–Crippen LogP) is 1.16. The molecule has 0 spiro atoms. The van der Waals surface area contributed by atoms with Gasteiger partial charge in [-0.2, -0.15) is 0 Å². The fourth-order valence-corrected chi connectivity index (χ4v) is 2.28. The molecular formula is C16H19N3O4. The molecular weight excluding hydrogens is 298 g/mol. The first-order valence-electron chi connectivity index (χ1n) is 7.49. The van der Waals surface area contributed by atoms with Crippen molar-refractivity contribution in [1.82, 2.24) is 14.9 Å². The van der Waals surface area contributed by atoms with Crippen LogP contribution in [-0.4, -0.2) is 32.6 Å². The summed E-state index contributed by atoms with van der Waals surface area (Å²) in [5.41, 5.74) is 0.228. The van der Waals surface area contributed by atoms with Crippen LogP contribution in [0, 0.1) is 0 Å². The van der Waals surface area contributed by atoms with Crippen LogP contribution in [0.25, 0.3) is 10.9 Å². The molecule has 23 heavy (non-hydrogen) atoms. The SMILES string of the molecule is CCCC[C@H](NC(=O)Cn1cnc2ccccc2c1=O)C(=O)O. The molecule has 0 bridgehead atoms. The molecule has 2 aromatic rings. The van der Waals surface area contributed by atoms with Crippen LogP contribution < -0.4 is 10.9 Å². The van der Waals surface area contributed by atoms with E-state index in [4.69, 9.17) is 5.11 Å². The number of carboxylic acids is 1. The number of nitrogens with one attached hydrogen (secondary N) is 1. The maximum Gasteiger partial charge on any atom is 0.326 e. The third-order valence-electron chi connectivity index (χ3n) is 3.53. The van der Waals surface area contributed by atoms with Gasteiger partial charge in [-0.15, -0.1) is 0 Å². The summed E-state index contributed by atoms with van der Waals surface area (Å²) in [6, 6.07) is 5.91. The number of rotatable bonds is 7. The van der Waals surface area contributed by atoms with E-state index >= 15 is 0 Å². The zero-order chi connectivity index (χ0) is 16.8. The summed E-state index contributed by atoms with van der Waals surface area (Å²) in [6.07, 6.45) is 3.21. The molecule has 0 aliphatic carbocycles. The van der Waals surface area contributed by atoms with Crippen LogP contribution in [0.5, 0.6) is 0 Å². The van der Waals surface area contributed by atoms with Crippen LogP contribution in [0.1, 0.15) is 26.2 Å². The van der Waals surface area contributed by atoms with E-state index in [1.54, 1.807) is 24.3 Å². The molecule has 1 aromatic heterocycles. The van der Waals surface area contributed by atoms with Crippen LogP contribution in [0.2, 0.25) is 0 Å². The van der Waals surface area contributed by atoms with Crippen LogP contribution in [-0.2, 0) is 16.1 Å². The molecule has 0 aliphatic rings. The fraction of sp³-hybridized carbons (Fsp3) is 0.375. The summed E-state index contributed by atoms with van der Waals surface area (Å²) in [4.78, 5) is 39.6. The largest absolute Gasteiger partial charge is 0.480 e. The normalized spacial score (nSPS) is 12.0. The minimum atomic E-state index is -1.07. The number of carbonyl (C=O) groups is 2. The van der Waals surface area contributed by atoms with E-state index in [1.165, 1.54) is 10.9 Å². The number of carbonyl (C=O) groups excluding carboxylic acids is 1. The number of benzene rings is 1. The highest BCUT2D eigenvalue weighted by Crippen LogP contribution is 2.05. The van der Waals surface area contributed by atoms with Crippen molar-refractivity contribution in [3.05, 3.63) is 40.9 Å². The maximum absolute atomic E-state index is 12.3. The number of carboxylic acid groups (broad SMARTS) is 1. The lowest BCUT2D eigenvalue weighted by Gasteiger charge is -2.14. The van der Waals surface area contributed by atoms with Crippen molar-refractivity contribution in [3.8, 4) is 0 Å². The Morgan fingerprint density at radius 1 is 1.35 bits per heavy atom. The van der Waals surface area contributed by atoms with Gasteiger partial charge in [-0.1, -0.05) is 31.9 Å². The van der Waals surface area contributed by atoms with Crippen molar-refractivity contribution in [2.75, 3.05) is 0 Å². The second-order valence-electron chi connectivity index (χ2n) is 5.30. The molecule has 1 heterocycles. The number of unbranched alkanes of at least 4 members (excludes halogenated alkanes) is 1. The minimum Gasteiger partial charge on any atom is -0.480 e. The van der Waals surface area contributed by atoms with Crippen LogP contribution in [0.3, 0.4) is 0 Å². The van der Waals surface area contributed by atoms with Gasteiger partial charge >= 0.3 is 5.97 Å². The number of aliphatic carboxylic acids is 1. The monoisotopic (exact) mass is 317 g/mol. The van der Waals surface area contributed by atoms with Crippen LogP contribution in [0.15, 0.2) is 35.4 Å². The second kappa shape index (κ2) is 7.53. The quantitative estimate of drug-likeness (QED) is 0.798. The Kier molecular flexibility index (Phi) is 5.46. The summed E-state index contributed by atoms with van der Waals surface area (Å²) in [6.45, 7) is 1.69. The molecule has 7 nitrogen and oxygen atoms in total. The fourth-order valence-electron chi connectivity index (χ4n) is 2.28. The number of hydrogen-bond donors (Lipinski definition) is 2. The summed E-state index contributed by atoms with van der Waals surface area (Å²) >= 11 is 0. The maximum atomic E-state index is 12.3. The zero-order valence-corrected chi connectivity index (χ0v) is 12.9. The topological polar surface area (TPSA) is 101 Å². The van der Waals surface area contributed by atoms with E-state index in [9.17, 15) is 14.4 Å². The van der Waals surface area contributed by atoms with E-state index in [2.05, 4.69) is 10.3 Å². The lowest BCUT2D eigenvalue weighted by Crippen LogP contribution is -2.43. The number of para-hydroxylation sites is 1. The molecule has 0 radical (unpaired) electrons. The molecule has 1 aromatic carbocycles. The first-order chi connectivity index (χ1) is 11.0. The van der Waals surface area contributed by atoms with Gasteiger partial charge in [0.05, 0.1) is 17.2 Å². The van der Waals surface area contributed by atoms with Crippen molar-refractivity contribution in [2.24, 2.45) is 0 Å². The molecule has 2 N–H and O–H groups in total. The average molecular weight is 317 g/mol. The lowest BCUT2D eigenvalue weighted by atomic mass is 10.1. The second-order valence-corrected chi connectivity index (χ2v) is 5.30. The summed E-state index contributed by atoms with van der Waals surface area (Å²) in [5.74, 6) is -1.59. The highest BCUT2D eigenvalue weighted by molar-refractivity contribution is 5.83. The van der Waals surface area contributed by atoms with Crippen molar-refractivity contribution in [3.63, 3.8) is 0 Å². The van der Waals surface area contributed by atoms with Gasteiger partial charge in [0.15, 0.2) is 0 Å². The van der Waals surface area contributed by atoms with E-state index in [1.807, 2.05) is 6.92 Å². The molecule has 1 amide bonds. The first kappa shape index (κ1) is 16.7. The van der Waals surface area contributed by atoms with Gasteiger partial charge in [-0.25, -0.2) is 9.78 Å². The van der Waals surface area contributed by atoms with Crippen molar-refractivity contribution < 1.29 is 14.7 Å². The van der Waals surface area contributed by atoms with E-state index in [-0.39, 0.29) is 12.1 Å². The van der Waals surface area contributed by atoms with Gasteiger partial charge in [-0.05, 0) is 18.6 Å². The molecule has 7 heteroatoms. The highest BCUT2D eigenvalue weighted by Gasteiger charge is 2.19. The molecule has 0 aliphatic heterocycles. The Bertz CT molecular complexity index is 769. The Balaban J connectivity index is 2.12. The van der Waals surface area contributed by atoms with Gasteiger partial charge in [0, 0.05) is 0 Å². The molecule has 0 unspecified atom stereocenters. The summed E-state index contributed by atoms with van der Waals surface area (Å²) < 4.78 is 1.18. The zero-order valence-electron chi connectivity index (χ0n) is 12.9. The highest BCUT2D eigenvalue weighted by atomic mass is 16.4. The number of amides is 1. The predicted molar refractivity (Wildman–Crippen MR) is 85.1 cm³/mol. The third-order valence-corrected chi connectivity index (χ3v) is 3.53. The third kappa shape index (κ3) is 4.15. The lowest BCUT2D eigenvalue weighted by molar-refractivity contribution is -0.142. The van der Waals surface area contributed by atoms with Gasteiger partial charge in [0.25, 0.3) is 5.56 Å². The minimum absolute atomic E-state index is 0.257. The van der Waals surface area contributed by atoms with Gasteiger partial charge in [0.2, 0.25) is 5.91 Å². The standard InChI is InChI=1S/C16H19N3O4/c1-2-3-7-13(16(22)23)18-14(20)9-19-10-17-12-8-5-4-6-11(12)15(19)21/h4-6,8,10,13H,2-3,7,9H2,1H3,(H,18,20)(H,22,23)/t13-/m0/s1. The molecule has 122 valence electrons. The van der Waals surface area contributed by atoms with Gasteiger partial charge in [0.1, 0.15) is 12.6 Å². The average Bonchev–Trinajstić information content (AvgIpc) is 2.54. The number of nitrogens with zero attached hydrogens (tertiary/aromatic N) is 2. The van der Waals surface area contributed by atoms with Crippen LogP contribution >= 0.6 is 0 Å². The van der Waals surface area contributed by atoms with E-state index in [0.29, 0.717) is 23.7 Å². The van der Waals surface area contributed by atoms with Crippen LogP contribution in [0.4, 0.5) is 0 Å². The number of hydrogen-bond acceptors (Lipinski definition) is 4. The van der Waals surface area contributed by atoms with Gasteiger partial charge in [-0.3, -0.25) is 14.2 Å². The smallest absolute Gasteiger partial charge is 0.326 e. The molecule has 2 rings (SSSR count). The molecule has 0 fully saturated rings. The Morgan fingerprint density at radius 3 is 2.78 bits per heavy atom. The van der Waals surface area contributed by atoms with Crippen molar-refractivity contribution in [1.29, 1.82) is 0 Å². The number of fused-ring (bicyclic) bond motifs is 1. The van der Waals surface area contributed by atoms with Crippen molar-refractivity contribution in [2.45, 2.75) is 38.8 Å². The number of aromatic nitrogens is 2. The van der Waals surface area contributed by atoms with E-state index in [0.717, 1.165) is 6.42 Å². The Hall–Kier alpha value is -2.70. The molecule has 1 atom stereocenters. The van der Waals surface area contributed by atoms with E-state index < -0.39 is 17.9 Å². The van der Waals surface area contributed by atoms with Crippen molar-refractivity contribution >= 4 is 22.8 Å². The first-order valence-corrected chi connectivity index (χ1v) is 7.49. The Morgan fingerprint density at radius 2 is 2.09 bits per heavy atom. The summed E-state index contributed by atoms with van der Waals surface area (Å²) in [5, 5.41) is 12.0. The van der Waals surface area contributed by atoms with Gasteiger partial charge < -0.3 is 10.4 Å². The summed E-state index contributed by atoms with van der Waals surface area (Å²) in [7, 11) is 0.